The third-order valence-electron chi connectivity index (χ3n) is 2.57. The lowest BCUT2D eigenvalue weighted by Gasteiger charge is -2.21. The molecule has 4 nitrogen and oxygen atoms in total. The first-order chi connectivity index (χ1) is 7.02. The Morgan fingerprint density at radius 3 is 2.60 bits per heavy atom. The van der Waals surface area contributed by atoms with E-state index in [1.807, 2.05) is 4.68 Å². The molecule has 1 atom stereocenters. The van der Waals surface area contributed by atoms with Gasteiger partial charge in [0, 0.05) is 12.2 Å². The summed E-state index contributed by atoms with van der Waals surface area (Å²) in [6.45, 7) is 6.61. The Morgan fingerprint density at radius 1 is 1.47 bits per heavy atom. The number of aliphatic hydroxyl groups is 1. The summed E-state index contributed by atoms with van der Waals surface area (Å²) >= 11 is 0. The summed E-state index contributed by atoms with van der Waals surface area (Å²) in [5.74, 6) is 0. The Bertz CT molecular complexity index is 318. The van der Waals surface area contributed by atoms with Gasteiger partial charge in [0.1, 0.15) is 0 Å². The van der Waals surface area contributed by atoms with Crippen molar-refractivity contribution in [3.05, 3.63) is 17.5 Å². The molecule has 1 aromatic rings. The van der Waals surface area contributed by atoms with Crippen molar-refractivity contribution in [1.29, 1.82) is 0 Å². The van der Waals surface area contributed by atoms with Crippen molar-refractivity contribution in [2.24, 2.45) is 5.73 Å². The van der Waals surface area contributed by atoms with Crippen molar-refractivity contribution in [3.63, 3.8) is 0 Å². The van der Waals surface area contributed by atoms with Crippen LogP contribution < -0.4 is 5.73 Å². The predicted octanol–water partition coefficient (Wildman–Crippen LogP) is 0.718. The molecule has 0 aromatic carbocycles. The van der Waals surface area contributed by atoms with Gasteiger partial charge in [-0.25, -0.2) is 0 Å². The maximum Gasteiger partial charge on any atom is 0.0936 e. The predicted molar refractivity (Wildman–Crippen MR) is 60.7 cm³/mol. The average Bonchev–Trinajstić information content (AvgIpc) is 2.59. The second kappa shape index (κ2) is 4.77. The van der Waals surface area contributed by atoms with Crippen LogP contribution in [0.3, 0.4) is 0 Å². The van der Waals surface area contributed by atoms with Crippen LogP contribution in [0.4, 0.5) is 0 Å². The lowest BCUT2D eigenvalue weighted by atomic mass is 10.1. The van der Waals surface area contributed by atoms with Crippen LogP contribution in [0.25, 0.3) is 0 Å². The van der Waals surface area contributed by atoms with Crippen molar-refractivity contribution in [2.45, 2.75) is 45.8 Å². The van der Waals surface area contributed by atoms with E-state index in [0.29, 0.717) is 6.54 Å². The molecule has 0 saturated heterocycles. The number of aryl methyl sites for hydroxylation is 2. The summed E-state index contributed by atoms with van der Waals surface area (Å²) in [6.07, 6.45) is 1.85. The van der Waals surface area contributed by atoms with Crippen LogP contribution in [0.5, 0.6) is 0 Å². The van der Waals surface area contributed by atoms with Gasteiger partial charge in [-0.05, 0) is 25.8 Å². The van der Waals surface area contributed by atoms with Gasteiger partial charge in [-0.2, -0.15) is 5.10 Å². The second-order valence-corrected chi connectivity index (χ2v) is 4.19. The van der Waals surface area contributed by atoms with Gasteiger partial charge in [-0.15, -0.1) is 0 Å². The quantitative estimate of drug-likeness (QED) is 0.754. The zero-order valence-electron chi connectivity index (χ0n) is 9.82. The summed E-state index contributed by atoms with van der Waals surface area (Å²) in [4.78, 5) is 0. The second-order valence-electron chi connectivity index (χ2n) is 4.19. The van der Waals surface area contributed by atoms with Crippen LogP contribution in [0.15, 0.2) is 6.07 Å². The smallest absolute Gasteiger partial charge is 0.0936 e. The van der Waals surface area contributed by atoms with Gasteiger partial charge in [-0.3, -0.25) is 4.68 Å². The molecular formula is C11H21N3O. The third kappa shape index (κ3) is 3.04. The molecule has 1 heterocycles. The molecule has 0 bridgehead atoms. The summed E-state index contributed by atoms with van der Waals surface area (Å²) in [7, 11) is 0. The van der Waals surface area contributed by atoms with Gasteiger partial charge in [0.15, 0.2) is 0 Å². The molecule has 0 saturated carbocycles. The van der Waals surface area contributed by atoms with E-state index in [2.05, 4.69) is 25.0 Å². The highest BCUT2D eigenvalue weighted by atomic mass is 16.3. The number of hydrogen-bond donors (Lipinski definition) is 2. The molecule has 0 amide bonds. The first-order valence-corrected chi connectivity index (χ1v) is 5.50. The fourth-order valence-corrected chi connectivity index (χ4v) is 1.50. The number of nitrogens with two attached hydrogens (primary N) is 1. The Hall–Kier alpha value is -0.870. The summed E-state index contributed by atoms with van der Waals surface area (Å²) in [5, 5.41) is 14.3. The van der Waals surface area contributed by atoms with Crippen LogP contribution in [-0.4, -0.2) is 27.0 Å². The molecule has 86 valence electrons. The summed E-state index contributed by atoms with van der Waals surface area (Å²) in [6, 6.07) is 2.09. The van der Waals surface area contributed by atoms with E-state index in [1.165, 1.54) is 0 Å². The van der Waals surface area contributed by atoms with Crippen LogP contribution in [-0.2, 0) is 19.4 Å². The summed E-state index contributed by atoms with van der Waals surface area (Å²) in [5.41, 5.74) is 6.84. The number of hydrogen-bond acceptors (Lipinski definition) is 3. The van der Waals surface area contributed by atoms with Crippen LogP contribution in [0.1, 0.15) is 32.2 Å². The van der Waals surface area contributed by atoms with Gasteiger partial charge in [-0.1, -0.05) is 13.8 Å². The molecule has 0 radical (unpaired) electrons. The van der Waals surface area contributed by atoms with Gasteiger partial charge < -0.3 is 10.8 Å². The lowest BCUT2D eigenvalue weighted by Crippen LogP contribution is -2.39. The zero-order valence-corrected chi connectivity index (χ0v) is 9.82. The topological polar surface area (TPSA) is 64.1 Å². The monoisotopic (exact) mass is 211 g/mol. The molecule has 4 heteroatoms. The minimum Gasteiger partial charge on any atom is -0.387 e. The van der Waals surface area contributed by atoms with E-state index in [9.17, 15) is 5.11 Å². The third-order valence-corrected chi connectivity index (χ3v) is 2.57. The highest BCUT2D eigenvalue weighted by molar-refractivity contribution is 5.10. The van der Waals surface area contributed by atoms with Gasteiger partial charge in [0.25, 0.3) is 0 Å². The van der Waals surface area contributed by atoms with E-state index in [1.54, 1.807) is 6.92 Å². The minimum atomic E-state index is -0.874. The molecule has 3 N–H and O–H groups in total. The minimum absolute atomic E-state index is 0.247. The molecule has 0 fully saturated rings. The Labute approximate surface area is 91.1 Å². The maximum absolute atomic E-state index is 9.89. The van der Waals surface area contributed by atoms with Gasteiger partial charge in [0.05, 0.1) is 17.8 Å². The normalized spacial score (nSPS) is 15.3. The van der Waals surface area contributed by atoms with Crippen molar-refractivity contribution in [2.75, 3.05) is 6.54 Å². The first-order valence-electron chi connectivity index (χ1n) is 5.50. The fraction of sp³-hybridized carbons (Fsp3) is 0.727. The molecule has 0 aliphatic heterocycles. The Kier molecular flexibility index (Phi) is 3.88. The highest BCUT2D eigenvalue weighted by Crippen LogP contribution is 2.11. The fourth-order valence-electron chi connectivity index (χ4n) is 1.50. The first kappa shape index (κ1) is 12.2. The van der Waals surface area contributed by atoms with E-state index in [4.69, 9.17) is 5.73 Å². The van der Waals surface area contributed by atoms with Crippen LogP contribution >= 0.6 is 0 Å². The SMILES string of the molecule is CCc1cc(CC)n(CC(C)(O)CN)n1. The van der Waals surface area contributed by atoms with E-state index in [-0.39, 0.29) is 6.54 Å². The molecule has 1 aromatic heterocycles. The molecular weight excluding hydrogens is 190 g/mol. The molecule has 0 spiro atoms. The van der Waals surface area contributed by atoms with Gasteiger partial charge >= 0.3 is 0 Å². The number of rotatable bonds is 5. The van der Waals surface area contributed by atoms with E-state index in [0.717, 1.165) is 24.2 Å². The molecule has 1 unspecified atom stereocenters. The van der Waals surface area contributed by atoms with Gasteiger partial charge in [0.2, 0.25) is 0 Å². The van der Waals surface area contributed by atoms with Crippen molar-refractivity contribution >= 4 is 0 Å². The van der Waals surface area contributed by atoms with Crippen molar-refractivity contribution in [1.82, 2.24) is 9.78 Å². The molecule has 15 heavy (non-hydrogen) atoms. The standard InChI is InChI=1S/C11H21N3O/c1-4-9-6-10(5-2)14(13-9)8-11(3,15)7-12/h6,15H,4-5,7-8,12H2,1-3H3. The zero-order chi connectivity index (χ0) is 11.5. The highest BCUT2D eigenvalue weighted by Gasteiger charge is 2.20. The number of aromatic nitrogens is 2. The Morgan fingerprint density at radius 2 is 2.13 bits per heavy atom. The van der Waals surface area contributed by atoms with Crippen LogP contribution in [0, 0.1) is 0 Å². The maximum atomic E-state index is 9.89. The summed E-state index contributed by atoms with van der Waals surface area (Å²) < 4.78 is 1.87. The van der Waals surface area contributed by atoms with Crippen molar-refractivity contribution < 1.29 is 5.11 Å². The largest absolute Gasteiger partial charge is 0.387 e. The lowest BCUT2D eigenvalue weighted by molar-refractivity contribution is 0.0462. The Balaban J connectivity index is 2.88. The van der Waals surface area contributed by atoms with E-state index < -0.39 is 5.60 Å². The molecule has 0 aliphatic carbocycles. The molecule has 0 aliphatic rings. The van der Waals surface area contributed by atoms with Crippen molar-refractivity contribution in [3.8, 4) is 0 Å². The van der Waals surface area contributed by atoms with E-state index >= 15 is 0 Å². The molecule has 1 rings (SSSR count). The average molecular weight is 211 g/mol. The van der Waals surface area contributed by atoms with Crippen LogP contribution in [0.2, 0.25) is 0 Å². The number of nitrogens with zero attached hydrogens (tertiary/aromatic N) is 2.